The predicted octanol–water partition coefficient (Wildman–Crippen LogP) is -2.16. The Morgan fingerprint density at radius 2 is 1.19 bits per heavy atom. The molecule has 0 amide bonds. The maximum absolute atomic E-state index is 6.53. The van der Waals surface area contributed by atoms with E-state index >= 15 is 0 Å². The zero-order valence-corrected chi connectivity index (χ0v) is 21.5. The summed E-state index contributed by atoms with van der Waals surface area (Å²) >= 11 is 0. The molecule has 2 heterocycles. The summed E-state index contributed by atoms with van der Waals surface area (Å²) in [6.07, 6.45) is 8.73. The van der Waals surface area contributed by atoms with Crippen LogP contribution < -0.4 is 48.0 Å². The van der Waals surface area contributed by atoms with E-state index in [-0.39, 0.29) is 48.0 Å². The van der Waals surface area contributed by atoms with E-state index in [0.29, 0.717) is 6.10 Å². The van der Waals surface area contributed by atoms with Crippen molar-refractivity contribution in [1.29, 1.82) is 0 Å². The summed E-state index contributed by atoms with van der Waals surface area (Å²) in [5.74, 6) is 0. The Bertz CT molecular complexity index is 488. The minimum Gasteiger partial charge on any atom is -1.00 e. The van der Waals surface area contributed by atoms with Gasteiger partial charge < -0.3 is 61.7 Å². The molecular formula is C22H38I2N2O. The number of ether oxygens (including phenoxy) is 1. The van der Waals surface area contributed by atoms with Crippen LogP contribution in [-0.2, 0) is 11.3 Å². The van der Waals surface area contributed by atoms with Gasteiger partial charge in [0.2, 0.25) is 0 Å². The monoisotopic (exact) mass is 600 g/mol. The van der Waals surface area contributed by atoms with Gasteiger partial charge in [0, 0.05) is 0 Å². The molecule has 0 bridgehead atoms. The second kappa shape index (κ2) is 12.3. The van der Waals surface area contributed by atoms with Gasteiger partial charge in [-0.3, -0.25) is 0 Å². The molecule has 3 rings (SSSR count). The van der Waals surface area contributed by atoms with Crippen LogP contribution in [0.1, 0.15) is 44.1 Å². The molecule has 0 atom stereocenters. The first kappa shape index (κ1) is 25.6. The molecule has 156 valence electrons. The summed E-state index contributed by atoms with van der Waals surface area (Å²) in [5.41, 5.74) is 1.30. The highest BCUT2D eigenvalue weighted by molar-refractivity contribution is 5.13. The summed E-state index contributed by atoms with van der Waals surface area (Å²) in [6, 6.07) is 10.7. The smallest absolute Gasteiger partial charge is 0.155 e. The predicted molar refractivity (Wildman–Crippen MR) is 104 cm³/mol. The average molecular weight is 600 g/mol. The highest BCUT2D eigenvalue weighted by atomic mass is 127. The summed E-state index contributed by atoms with van der Waals surface area (Å²) in [7, 11) is 4.91. The molecule has 3 nitrogen and oxygen atoms in total. The van der Waals surface area contributed by atoms with Gasteiger partial charge in [-0.05, 0) is 44.1 Å². The molecule has 0 spiro atoms. The molecule has 2 aliphatic heterocycles. The van der Waals surface area contributed by atoms with Crippen LogP contribution in [0.4, 0.5) is 0 Å². The van der Waals surface area contributed by atoms with Crippen molar-refractivity contribution in [3.63, 3.8) is 0 Å². The first-order chi connectivity index (χ1) is 12.1. The van der Waals surface area contributed by atoms with Crippen molar-refractivity contribution in [2.75, 3.05) is 53.4 Å². The topological polar surface area (TPSA) is 9.23 Å². The lowest BCUT2D eigenvalue weighted by Crippen LogP contribution is -3.00. The van der Waals surface area contributed by atoms with Crippen LogP contribution >= 0.6 is 0 Å². The molecule has 0 unspecified atom stereocenters. The van der Waals surface area contributed by atoms with Crippen molar-refractivity contribution in [1.82, 2.24) is 0 Å². The summed E-state index contributed by atoms with van der Waals surface area (Å²) < 4.78 is 8.95. The lowest BCUT2D eigenvalue weighted by atomic mass is 10.1. The first-order valence-corrected chi connectivity index (χ1v) is 10.4. The number of nitrogens with zero attached hydrogens (tertiary/aromatic N) is 2. The number of rotatable bonds is 7. The largest absolute Gasteiger partial charge is 1.00 e. The fraction of sp³-hybridized carbons (Fsp3) is 0.727. The zero-order valence-electron chi connectivity index (χ0n) is 17.2. The molecule has 0 N–H and O–H groups in total. The molecular weight excluding hydrogens is 562 g/mol. The molecule has 0 radical (unpaired) electrons. The fourth-order valence-corrected chi connectivity index (χ4v) is 4.85. The number of hydrogen-bond acceptors (Lipinski definition) is 1. The second-order valence-electron chi connectivity index (χ2n) is 9.04. The molecule has 2 fully saturated rings. The molecule has 2 saturated heterocycles. The van der Waals surface area contributed by atoms with Crippen molar-refractivity contribution in [2.24, 2.45) is 0 Å². The van der Waals surface area contributed by atoms with Crippen molar-refractivity contribution < 1.29 is 61.7 Å². The van der Waals surface area contributed by atoms with Gasteiger partial charge in [-0.1, -0.05) is 30.3 Å². The van der Waals surface area contributed by atoms with E-state index in [1.165, 1.54) is 92.3 Å². The van der Waals surface area contributed by atoms with Crippen LogP contribution in [0, 0.1) is 0 Å². The maximum atomic E-state index is 6.53. The number of likely N-dealkylation sites (N-methyl/N-ethyl adjacent to an activating group) is 2. The highest BCUT2D eigenvalue weighted by Gasteiger charge is 2.35. The van der Waals surface area contributed by atoms with Gasteiger partial charge in [0.1, 0.15) is 13.1 Å². The van der Waals surface area contributed by atoms with Gasteiger partial charge in [-0.15, -0.1) is 0 Å². The van der Waals surface area contributed by atoms with E-state index in [4.69, 9.17) is 4.74 Å². The second-order valence-corrected chi connectivity index (χ2v) is 9.04. The van der Waals surface area contributed by atoms with Crippen molar-refractivity contribution >= 4 is 0 Å². The van der Waals surface area contributed by atoms with Gasteiger partial charge in [0.25, 0.3) is 0 Å². The number of benzene rings is 1. The summed E-state index contributed by atoms with van der Waals surface area (Å²) in [6.45, 7) is 8.43. The van der Waals surface area contributed by atoms with Gasteiger partial charge in [0.05, 0.1) is 46.9 Å². The normalized spacial score (nSPS) is 21.1. The van der Waals surface area contributed by atoms with Crippen molar-refractivity contribution in [3.8, 4) is 0 Å². The van der Waals surface area contributed by atoms with Crippen LogP contribution in [0.25, 0.3) is 0 Å². The first-order valence-electron chi connectivity index (χ1n) is 10.4. The van der Waals surface area contributed by atoms with Gasteiger partial charge >= 0.3 is 0 Å². The fourth-order valence-electron chi connectivity index (χ4n) is 4.85. The lowest BCUT2D eigenvalue weighted by Gasteiger charge is -2.44. The third kappa shape index (κ3) is 8.44. The third-order valence-corrected chi connectivity index (χ3v) is 6.41. The number of likely N-dealkylation sites (tertiary alicyclic amines) is 2. The van der Waals surface area contributed by atoms with Crippen LogP contribution in [0.3, 0.4) is 0 Å². The minimum absolute atomic E-state index is 0. The van der Waals surface area contributed by atoms with Gasteiger partial charge in [-0.25, -0.2) is 0 Å². The molecule has 1 aromatic carbocycles. The molecule has 0 aromatic heterocycles. The molecule has 5 heteroatoms. The molecule has 27 heavy (non-hydrogen) atoms. The Morgan fingerprint density at radius 3 is 1.63 bits per heavy atom. The molecule has 1 aromatic rings. The quantitative estimate of drug-likeness (QED) is 0.256. The third-order valence-electron chi connectivity index (χ3n) is 6.41. The van der Waals surface area contributed by atoms with Crippen LogP contribution in [0.5, 0.6) is 0 Å². The number of hydrogen-bond donors (Lipinski definition) is 0. The van der Waals surface area contributed by atoms with Crippen molar-refractivity contribution in [2.45, 2.75) is 51.2 Å². The maximum Gasteiger partial charge on any atom is 0.155 e. The van der Waals surface area contributed by atoms with E-state index in [1.807, 2.05) is 0 Å². The average Bonchev–Trinajstić information content (AvgIpc) is 2.61. The zero-order chi connectivity index (χ0) is 17.6. The Morgan fingerprint density at radius 1 is 0.741 bits per heavy atom. The Kier molecular flexibility index (Phi) is 11.7. The lowest BCUT2D eigenvalue weighted by molar-refractivity contribution is -0.937. The van der Waals surface area contributed by atoms with E-state index < -0.39 is 0 Å². The van der Waals surface area contributed by atoms with E-state index in [9.17, 15) is 0 Å². The molecule has 0 saturated carbocycles. The van der Waals surface area contributed by atoms with E-state index in [2.05, 4.69) is 44.4 Å². The van der Waals surface area contributed by atoms with E-state index in [1.54, 1.807) is 0 Å². The highest BCUT2D eigenvalue weighted by Crippen LogP contribution is 2.22. The summed E-state index contributed by atoms with van der Waals surface area (Å²) in [5, 5.41) is 0. The minimum atomic E-state index is 0. The summed E-state index contributed by atoms with van der Waals surface area (Å²) in [4.78, 5) is 0. The number of piperidine rings is 2. The molecule has 0 aliphatic carbocycles. The van der Waals surface area contributed by atoms with Crippen molar-refractivity contribution in [3.05, 3.63) is 35.9 Å². The van der Waals surface area contributed by atoms with E-state index in [0.717, 1.165) is 6.61 Å². The van der Waals surface area contributed by atoms with Crippen LogP contribution in [0.15, 0.2) is 30.3 Å². The van der Waals surface area contributed by atoms with Gasteiger partial charge in [0.15, 0.2) is 6.10 Å². The number of quaternary nitrogens is 2. The standard InChI is InChI=1S/C22H38N2O.2HI/c1-23(14-8-4-9-15-23)18-22(19-24(2)16-10-5-11-17-24)25-20-21-12-6-3-7-13-21;;/h3,6-7,12-13,22H,4-5,8-11,14-20H2,1-2H3;2*1H/q+2;;/p-2. The Balaban J connectivity index is 0.00000182. The number of halogens is 2. The van der Waals surface area contributed by atoms with Gasteiger partial charge in [-0.2, -0.15) is 0 Å². The Hall–Kier alpha value is 0.560. The SMILES string of the molecule is C[N+]1(CC(C[N+]2(C)CCCCC2)OCc2ccccc2)CCCCC1.[I-].[I-]. The Labute approximate surface area is 201 Å². The van der Waals surface area contributed by atoms with Crippen LogP contribution in [0.2, 0.25) is 0 Å². The molecule has 2 aliphatic rings. The van der Waals surface area contributed by atoms with Crippen LogP contribution in [-0.4, -0.2) is 68.4 Å².